The summed E-state index contributed by atoms with van der Waals surface area (Å²) in [6.07, 6.45) is 0. The van der Waals surface area contributed by atoms with E-state index < -0.39 is 0 Å². The van der Waals surface area contributed by atoms with Crippen LogP contribution in [0.4, 0.5) is 0 Å². The number of rotatable bonds is 3. The van der Waals surface area contributed by atoms with Gasteiger partial charge < -0.3 is 8.98 Å². The Morgan fingerprint density at radius 1 is 0.449 bits per heavy atom. The van der Waals surface area contributed by atoms with E-state index >= 15 is 0 Å². The molecule has 0 spiro atoms. The minimum atomic E-state index is 0.519. The standard InChI is InChI=1S/C44H26N4O/c1-2-15-29(16-3-1)47-36-22-10-7-18-31(36)40-33(20-12-23-37(40)47)41-43(46-44-42(45-41)32-19-8-11-24-39(32)49-44)48-35-21-9-6-17-30(35)34-25-27-13-4-5-14-28(27)26-38(34)48/h1-26H. The van der Waals surface area contributed by atoms with Crippen molar-refractivity contribution >= 4 is 76.6 Å². The maximum Gasteiger partial charge on any atom is 0.248 e. The highest BCUT2D eigenvalue weighted by Gasteiger charge is 2.25. The summed E-state index contributed by atoms with van der Waals surface area (Å²) in [5, 5.41) is 7.96. The van der Waals surface area contributed by atoms with Crippen LogP contribution in [-0.4, -0.2) is 19.1 Å². The maximum atomic E-state index is 6.40. The van der Waals surface area contributed by atoms with Crippen molar-refractivity contribution in [3.8, 4) is 22.8 Å². The van der Waals surface area contributed by atoms with E-state index in [1.54, 1.807) is 0 Å². The van der Waals surface area contributed by atoms with E-state index in [1.165, 1.54) is 21.5 Å². The second-order valence-electron chi connectivity index (χ2n) is 12.6. The second kappa shape index (κ2) is 9.89. The third kappa shape index (κ3) is 3.70. The zero-order chi connectivity index (χ0) is 32.1. The van der Waals surface area contributed by atoms with Gasteiger partial charge in [-0.25, -0.2) is 4.98 Å². The molecular formula is C44H26N4O. The third-order valence-electron chi connectivity index (χ3n) is 9.91. The van der Waals surface area contributed by atoms with Crippen LogP contribution in [0.15, 0.2) is 162 Å². The molecule has 11 aromatic rings. The van der Waals surface area contributed by atoms with Crippen LogP contribution in [0.5, 0.6) is 0 Å². The molecule has 5 heteroatoms. The summed E-state index contributed by atoms with van der Waals surface area (Å²) in [6, 6.07) is 55.5. The molecule has 4 heterocycles. The average molecular weight is 627 g/mol. The minimum Gasteiger partial charge on any atom is -0.436 e. The minimum absolute atomic E-state index is 0.519. The fourth-order valence-electron chi connectivity index (χ4n) is 7.81. The summed E-state index contributed by atoms with van der Waals surface area (Å²) in [5.74, 6) is 0.733. The lowest BCUT2D eigenvalue weighted by molar-refractivity contribution is 0.652. The van der Waals surface area contributed by atoms with Gasteiger partial charge in [-0.2, -0.15) is 4.98 Å². The van der Waals surface area contributed by atoms with Gasteiger partial charge in [0, 0.05) is 38.2 Å². The molecule has 11 rings (SSSR count). The van der Waals surface area contributed by atoms with Crippen molar-refractivity contribution in [3.05, 3.63) is 158 Å². The van der Waals surface area contributed by atoms with Crippen molar-refractivity contribution in [2.75, 3.05) is 0 Å². The summed E-state index contributed by atoms with van der Waals surface area (Å²) >= 11 is 0. The number of aromatic nitrogens is 4. The molecule has 0 saturated heterocycles. The molecular weight excluding hydrogens is 601 g/mol. The molecule has 0 aliphatic rings. The Kier molecular flexibility index (Phi) is 5.32. The van der Waals surface area contributed by atoms with Crippen LogP contribution in [0.1, 0.15) is 0 Å². The molecule has 0 saturated carbocycles. The Balaban J connectivity index is 1.33. The molecule has 0 radical (unpaired) electrons. The quantitative estimate of drug-likeness (QED) is 0.196. The fourth-order valence-corrected chi connectivity index (χ4v) is 7.81. The SMILES string of the molecule is c1ccc(-n2c3ccccc3c3c(-c4nc5c(nc4-n4c6ccccc6c6cc7ccccc7cc64)oc4ccccc45)cccc32)cc1. The molecule has 4 aromatic heterocycles. The van der Waals surface area contributed by atoms with E-state index in [1.807, 2.05) is 18.2 Å². The van der Waals surface area contributed by atoms with Crippen molar-refractivity contribution in [2.45, 2.75) is 0 Å². The van der Waals surface area contributed by atoms with Gasteiger partial charge in [0.1, 0.15) is 16.8 Å². The van der Waals surface area contributed by atoms with Crippen molar-refractivity contribution in [1.82, 2.24) is 19.1 Å². The van der Waals surface area contributed by atoms with E-state index in [9.17, 15) is 0 Å². The first kappa shape index (κ1) is 26.4. The normalized spacial score (nSPS) is 12.1. The lowest BCUT2D eigenvalue weighted by atomic mass is 10.0. The molecule has 0 unspecified atom stereocenters. The van der Waals surface area contributed by atoms with Crippen LogP contribution < -0.4 is 0 Å². The smallest absolute Gasteiger partial charge is 0.248 e. The van der Waals surface area contributed by atoms with Crippen molar-refractivity contribution < 1.29 is 4.42 Å². The lowest BCUT2D eigenvalue weighted by Gasteiger charge is -2.14. The van der Waals surface area contributed by atoms with Crippen LogP contribution >= 0.6 is 0 Å². The van der Waals surface area contributed by atoms with Gasteiger partial charge in [0.25, 0.3) is 0 Å². The molecule has 0 bridgehead atoms. The van der Waals surface area contributed by atoms with Crippen molar-refractivity contribution in [3.63, 3.8) is 0 Å². The average Bonchev–Trinajstić information content (AvgIpc) is 3.81. The van der Waals surface area contributed by atoms with Crippen LogP contribution in [0, 0.1) is 0 Å². The number of fused-ring (bicyclic) bond motifs is 10. The Hall–Kier alpha value is -6.72. The number of hydrogen-bond donors (Lipinski definition) is 0. The Morgan fingerprint density at radius 2 is 1.10 bits per heavy atom. The zero-order valence-electron chi connectivity index (χ0n) is 26.2. The van der Waals surface area contributed by atoms with Crippen molar-refractivity contribution in [1.29, 1.82) is 0 Å². The highest BCUT2D eigenvalue weighted by Crippen LogP contribution is 2.43. The number of furan rings is 1. The molecule has 0 N–H and O–H groups in total. The monoisotopic (exact) mass is 626 g/mol. The molecule has 0 fully saturated rings. The first-order valence-corrected chi connectivity index (χ1v) is 16.5. The van der Waals surface area contributed by atoms with Gasteiger partial charge in [-0.05, 0) is 65.4 Å². The van der Waals surface area contributed by atoms with Crippen LogP contribution in [0.2, 0.25) is 0 Å². The van der Waals surface area contributed by atoms with E-state index in [0.29, 0.717) is 5.71 Å². The van der Waals surface area contributed by atoms with Gasteiger partial charge in [0.05, 0.1) is 22.1 Å². The fraction of sp³-hybridized carbons (Fsp3) is 0. The van der Waals surface area contributed by atoms with E-state index in [2.05, 4.69) is 149 Å². The van der Waals surface area contributed by atoms with E-state index in [4.69, 9.17) is 14.4 Å². The Labute approximate surface area is 279 Å². The Morgan fingerprint density at radius 3 is 1.94 bits per heavy atom. The number of hydrogen-bond acceptors (Lipinski definition) is 3. The molecule has 7 aromatic carbocycles. The molecule has 0 amide bonds. The van der Waals surface area contributed by atoms with Gasteiger partial charge in [-0.1, -0.05) is 103 Å². The summed E-state index contributed by atoms with van der Waals surface area (Å²) in [4.78, 5) is 10.9. The van der Waals surface area contributed by atoms with Gasteiger partial charge in [-0.3, -0.25) is 4.57 Å². The number of nitrogens with zero attached hydrogens (tertiary/aromatic N) is 4. The van der Waals surface area contributed by atoms with Gasteiger partial charge in [-0.15, -0.1) is 0 Å². The number of para-hydroxylation sites is 4. The molecule has 228 valence electrons. The Bertz CT molecular complexity index is 3110. The van der Waals surface area contributed by atoms with Crippen LogP contribution in [-0.2, 0) is 0 Å². The first-order valence-electron chi connectivity index (χ1n) is 16.5. The summed E-state index contributed by atoms with van der Waals surface area (Å²) in [7, 11) is 0. The van der Waals surface area contributed by atoms with E-state index in [0.717, 1.165) is 72.1 Å². The molecule has 49 heavy (non-hydrogen) atoms. The first-order chi connectivity index (χ1) is 24.3. The highest BCUT2D eigenvalue weighted by molar-refractivity contribution is 6.18. The largest absolute Gasteiger partial charge is 0.436 e. The molecule has 0 aliphatic heterocycles. The summed E-state index contributed by atoms with van der Waals surface area (Å²) in [6.45, 7) is 0. The van der Waals surface area contributed by atoms with Gasteiger partial charge in [0.2, 0.25) is 5.71 Å². The predicted octanol–water partition coefficient (Wildman–Crippen LogP) is 11.4. The van der Waals surface area contributed by atoms with Gasteiger partial charge >= 0.3 is 0 Å². The lowest BCUT2D eigenvalue weighted by Crippen LogP contribution is -2.03. The second-order valence-corrected chi connectivity index (χ2v) is 12.6. The number of benzene rings is 7. The molecule has 5 nitrogen and oxygen atoms in total. The molecule has 0 atom stereocenters. The van der Waals surface area contributed by atoms with Crippen LogP contribution in [0.3, 0.4) is 0 Å². The topological polar surface area (TPSA) is 48.8 Å². The van der Waals surface area contributed by atoms with Gasteiger partial charge in [0.15, 0.2) is 5.82 Å². The predicted molar refractivity (Wildman–Crippen MR) is 201 cm³/mol. The highest BCUT2D eigenvalue weighted by atomic mass is 16.3. The van der Waals surface area contributed by atoms with Crippen LogP contribution in [0.25, 0.3) is 99.3 Å². The van der Waals surface area contributed by atoms with E-state index in [-0.39, 0.29) is 0 Å². The molecule has 0 aliphatic carbocycles. The summed E-state index contributed by atoms with van der Waals surface area (Å²) in [5.41, 5.74) is 9.38. The zero-order valence-corrected chi connectivity index (χ0v) is 26.2. The van der Waals surface area contributed by atoms with Crippen molar-refractivity contribution in [2.24, 2.45) is 0 Å². The maximum absolute atomic E-state index is 6.40. The summed E-state index contributed by atoms with van der Waals surface area (Å²) < 4.78 is 11.0. The third-order valence-corrected chi connectivity index (χ3v) is 9.91.